The maximum Gasteiger partial charge on any atom is 0.319 e. The highest BCUT2D eigenvalue weighted by atomic mass is 32.2. The Labute approximate surface area is 141 Å². The fraction of sp³-hybridized carbons (Fsp3) is 0.286. The van der Waals surface area contributed by atoms with Gasteiger partial charge in [0.05, 0.1) is 12.9 Å². The second-order valence-electron chi connectivity index (χ2n) is 4.57. The minimum atomic E-state index is -0.638. The maximum atomic E-state index is 12.1. The van der Waals surface area contributed by atoms with Gasteiger partial charge >= 0.3 is 5.97 Å². The molecule has 0 aliphatic carbocycles. The number of hydrogen-bond donors (Lipinski definition) is 3. The van der Waals surface area contributed by atoms with Gasteiger partial charge in [0.25, 0.3) is 11.5 Å². The molecular weight excluding hydrogens is 336 g/mol. The second-order valence-corrected chi connectivity index (χ2v) is 5.90. The summed E-state index contributed by atoms with van der Waals surface area (Å²) in [6, 6.07) is 2.98. The number of rotatable bonds is 6. The molecule has 128 valence electrons. The monoisotopic (exact) mass is 352 g/mol. The van der Waals surface area contributed by atoms with Crippen LogP contribution in [0.1, 0.15) is 24.4 Å². The summed E-state index contributed by atoms with van der Waals surface area (Å²) in [6.07, 6.45) is 1.33. The molecule has 1 atom stereocenters. The SMILES string of the molecule is CCOC(=O)[C@H](C)Sc1nc(N)c(NC(=O)c2ccco2)c(=O)[nH]1. The van der Waals surface area contributed by atoms with Crippen LogP contribution in [0, 0.1) is 0 Å². The first-order chi connectivity index (χ1) is 11.4. The van der Waals surface area contributed by atoms with Crippen LogP contribution in [-0.2, 0) is 9.53 Å². The van der Waals surface area contributed by atoms with Gasteiger partial charge in [0, 0.05) is 0 Å². The van der Waals surface area contributed by atoms with Gasteiger partial charge in [-0.25, -0.2) is 4.98 Å². The largest absolute Gasteiger partial charge is 0.465 e. The molecule has 2 aromatic heterocycles. The van der Waals surface area contributed by atoms with Crippen LogP contribution in [0.5, 0.6) is 0 Å². The minimum Gasteiger partial charge on any atom is -0.465 e. The number of aromatic amines is 1. The van der Waals surface area contributed by atoms with Crippen molar-refractivity contribution in [3.8, 4) is 0 Å². The van der Waals surface area contributed by atoms with Gasteiger partial charge < -0.3 is 20.2 Å². The third kappa shape index (κ3) is 4.16. The van der Waals surface area contributed by atoms with Gasteiger partial charge in [-0.2, -0.15) is 0 Å². The molecule has 9 nitrogen and oxygen atoms in total. The molecule has 0 saturated heterocycles. The lowest BCUT2D eigenvalue weighted by molar-refractivity contribution is -0.142. The number of anilines is 2. The smallest absolute Gasteiger partial charge is 0.319 e. The van der Waals surface area contributed by atoms with Gasteiger partial charge in [-0.05, 0) is 26.0 Å². The van der Waals surface area contributed by atoms with Crippen molar-refractivity contribution < 1.29 is 18.7 Å². The average Bonchev–Trinajstić information content (AvgIpc) is 3.05. The zero-order valence-corrected chi connectivity index (χ0v) is 13.8. The maximum absolute atomic E-state index is 12.1. The van der Waals surface area contributed by atoms with E-state index in [-0.39, 0.29) is 29.0 Å². The van der Waals surface area contributed by atoms with Gasteiger partial charge in [-0.1, -0.05) is 11.8 Å². The highest BCUT2D eigenvalue weighted by Gasteiger charge is 2.19. The number of ether oxygens (including phenoxy) is 1. The molecule has 2 heterocycles. The van der Waals surface area contributed by atoms with Crippen LogP contribution in [0.3, 0.4) is 0 Å². The van der Waals surface area contributed by atoms with Crippen LogP contribution < -0.4 is 16.6 Å². The number of nitrogens with one attached hydrogen (secondary N) is 2. The van der Waals surface area contributed by atoms with E-state index in [4.69, 9.17) is 14.9 Å². The summed E-state index contributed by atoms with van der Waals surface area (Å²) < 4.78 is 9.81. The number of nitrogens with zero attached hydrogens (tertiary/aromatic N) is 1. The van der Waals surface area contributed by atoms with Gasteiger partial charge in [-0.3, -0.25) is 19.4 Å². The summed E-state index contributed by atoms with van der Waals surface area (Å²) in [5.74, 6) is -1.20. The molecule has 0 spiro atoms. The number of H-pyrrole nitrogens is 1. The van der Waals surface area contributed by atoms with Crippen molar-refractivity contribution in [1.82, 2.24) is 9.97 Å². The molecular formula is C14H16N4O5S. The summed E-state index contributed by atoms with van der Waals surface area (Å²) in [5.41, 5.74) is 4.90. The zero-order chi connectivity index (χ0) is 17.7. The summed E-state index contributed by atoms with van der Waals surface area (Å²) in [4.78, 5) is 42.0. The topological polar surface area (TPSA) is 140 Å². The molecule has 0 aromatic carbocycles. The van der Waals surface area contributed by atoms with Crippen LogP contribution in [0.15, 0.2) is 32.8 Å². The van der Waals surface area contributed by atoms with Gasteiger partial charge in [0.1, 0.15) is 5.25 Å². The summed E-state index contributed by atoms with van der Waals surface area (Å²) in [5, 5.41) is 1.91. The Morgan fingerprint density at radius 3 is 2.88 bits per heavy atom. The molecule has 0 radical (unpaired) electrons. The molecule has 10 heteroatoms. The van der Waals surface area contributed by atoms with E-state index < -0.39 is 22.7 Å². The van der Waals surface area contributed by atoms with Gasteiger partial charge in [-0.15, -0.1) is 0 Å². The number of nitrogen functional groups attached to an aromatic ring is 1. The van der Waals surface area contributed by atoms with E-state index in [9.17, 15) is 14.4 Å². The third-order valence-electron chi connectivity index (χ3n) is 2.82. The van der Waals surface area contributed by atoms with Crippen LogP contribution in [0.2, 0.25) is 0 Å². The lowest BCUT2D eigenvalue weighted by atomic mass is 10.4. The van der Waals surface area contributed by atoms with Crippen molar-refractivity contribution in [2.45, 2.75) is 24.3 Å². The number of carbonyl (C=O) groups excluding carboxylic acids is 2. The van der Waals surface area contributed by atoms with E-state index in [0.717, 1.165) is 11.8 Å². The highest BCUT2D eigenvalue weighted by Crippen LogP contribution is 2.22. The van der Waals surface area contributed by atoms with E-state index in [1.165, 1.54) is 18.4 Å². The van der Waals surface area contributed by atoms with E-state index in [2.05, 4.69) is 15.3 Å². The molecule has 2 rings (SSSR count). The van der Waals surface area contributed by atoms with Crippen molar-refractivity contribution in [2.24, 2.45) is 0 Å². The Balaban J connectivity index is 2.15. The lowest BCUT2D eigenvalue weighted by Crippen LogP contribution is -2.23. The summed E-state index contributed by atoms with van der Waals surface area (Å²) in [6.45, 7) is 3.57. The summed E-state index contributed by atoms with van der Waals surface area (Å²) in [7, 11) is 0. The van der Waals surface area contributed by atoms with E-state index in [0.29, 0.717) is 0 Å². The molecule has 0 aliphatic rings. The van der Waals surface area contributed by atoms with Gasteiger partial charge in [0.2, 0.25) is 0 Å². The van der Waals surface area contributed by atoms with Crippen LogP contribution in [0.25, 0.3) is 0 Å². The Hall–Kier alpha value is -2.75. The second kappa shape index (κ2) is 7.68. The lowest BCUT2D eigenvalue weighted by Gasteiger charge is -2.11. The van der Waals surface area contributed by atoms with E-state index in [1.807, 2.05) is 0 Å². The van der Waals surface area contributed by atoms with Gasteiger partial charge in [0.15, 0.2) is 22.4 Å². The fourth-order valence-corrected chi connectivity index (χ4v) is 2.51. The average molecular weight is 352 g/mol. The molecule has 2 aromatic rings. The zero-order valence-electron chi connectivity index (χ0n) is 13.0. The van der Waals surface area contributed by atoms with E-state index in [1.54, 1.807) is 13.8 Å². The van der Waals surface area contributed by atoms with Crippen molar-refractivity contribution in [2.75, 3.05) is 17.7 Å². The number of nitrogens with two attached hydrogens (primary N) is 1. The van der Waals surface area contributed by atoms with Crippen LogP contribution >= 0.6 is 11.8 Å². The first kappa shape index (κ1) is 17.6. The Kier molecular flexibility index (Phi) is 5.64. The molecule has 0 aliphatic heterocycles. The highest BCUT2D eigenvalue weighted by molar-refractivity contribution is 8.00. The minimum absolute atomic E-state index is 0.0307. The molecule has 0 bridgehead atoms. The molecule has 0 unspecified atom stereocenters. The van der Waals surface area contributed by atoms with Crippen molar-refractivity contribution in [1.29, 1.82) is 0 Å². The third-order valence-corrected chi connectivity index (χ3v) is 3.78. The van der Waals surface area contributed by atoms with E-state index >= 15 is 0 Å². The number of aromatic nitrogens is 2. The predicted molar refractivity (Wildman–Crippen MR) is 87.9 cm³/mol. The first-order valence-corrected chi connectivity index (χ1v) is 7.88. The molecule has 1 amide bonds. The number of furan rings is 1. The number of carbonyl (C=O) groups is 2. The Morgan fingerprint density at radius 1 is 1.54 bits per heavy atom. The fourth-order valence-electron chi connectivity index (χ4n) is 1.70. The van der Waals surface area contributed by atoms with Crippen molar-refractivity contribution in [3.63, 3.8) is 0 Å². The number of thioether (sulfide) groups is 1. The van der Waals surface area contributed by atoms with Crippen molar-refractivity contribution >= 4 is 35.1 Å². The van der Waals surface area contributed by atoms with Crippen LogP contribution in [-0.4, -0.2) is 33.7 Å². The number of amides is 1. The predicted octanol–water partition coefficient (Wildman–Crippen LogP) is 1.24. The Morgan fingerprint density at radius 2 is 2.29 bits per heavy atom. The molecule has 0 fully saturated rings. The van der Waals surface area contributed by atoms with Crippen molar-refractivity contribution in [3.05, 3.63) is 34.5 Å². The number of esters is 1. The standard InChI is InChI=1S/C14H16N4O5S/c1-3-22-13(21)7(2)24-14-17-10(15)9(12(20)18-14)16-11(19)8-5-4-6-23-8/h4-7H,3H2,1-2H3,(H,16,19)(H3,15,17,18,20)/t7-/m0/s1. The molecule has 4 N–H and O–H groups in total. The molecule has 24 heavy (non-hydrogen) atoms. The molecule has 0 saturated carbocycles. The normalized spacial score (nSPS) is 11.8. The van der Waals surface area contributed by atoms with Crippen LogP contribution in [0.4, 0.5) is 11.5 Å². The quantitative estimate of drug-likeness (QED) is 0.401. The summed E-state index contributed by atoms with van der Waals surface area (Å²) >= 11 is 0.993. The Bertz CT molecular complexity index is 787. The number of hydrogen-bond acceptors (Lipinski definition) is 8. The first-order valence-electron chi connectivity index (χ1n) is 7.00.